The number of amidine groups is 1. The van der Waals surface area contributed by atoms with Crippen LogP contribution in [-0.4, -0.2) is 59.9 Å². The number of amides is 2. The van der Waals surface area contributed by atoms with E-state index in [1.165, 1.54) is 43.1 Å². The zero-order valence-electron chi connectivity index (χ0n) is 19.4. The van der Waals surface area contributed by atoms with E-state index in [1.54, 1.807) is 6.92 Å². The van der Waals surface area contributed by atoms with Crippen LogP contribution < -0.4 is 0 Å². The van der Waals surface area contributed by atoms with E-state index >= 15 is 0 Å². The molecule has 182 valence electrons. The number of hydrazone groups is 1. The summed E-state index contributed by atoms with van der Waals surface area (Å²) in [4.78, 5) is 22.6. The summed E-state index contributed by atoms with van der Waals surface area (Å²) < 4.78 is 28.7. The van der Waals surface area contributed by atoms with E-state index in [4.69, 9.17) is 15.1 Å². The third kappa shape index (κ3) is 5.21. The van der Waals surface area contributed by atoms with Crippen molar-refractivity contribution in [2.75, 3.05) is 27.8 Å². The summed E-state index contributed by atoms with van der Waals surface area (Å²) >= 11 is 1.17. The zero-order chi connectivity index (χ0) is 24.9. The number of rotatable bonds is 8. The van der Waals surface area contributed by atoms with Gasteiger partial charge in [0.25, 0.3) is 0 Å². The first-order valence-electron chi connectivity index (χ1n) is 10.5. The fourth-order valence-electron chi connectivity index (χ4n) is 3.61. The minimum atomic E-state index is -1.07. The number of urea groups is 1. The molecule has 8 nitrogen and oxygen atoms in total. The van der Waals surface area contributed by atoms with E-state index < -0.39 is 22.5 Å². The van der Waals surface area contributed by atoms with E-state index in [-0.39, 0.29) is 16.4 Å². The molecule has 2 aromatic carbocycles. The molecule has 1 heterocycles. The molecule has 0 aliphatic carbocycles. The Hall–Kier alpha value is -3.02. The normalized spacial score (nSPS) is 17.5. The quantitative estimate of drug-likeness (QED) is 0.327. The maximum Gasteiger partial charge on any atom is 0.365 e. The lowest BCUT2D eigenvalue weighted by Crippen LogP contribution is -2.47. The molecule has 0 bridgehead atoms. The molecule has 1 atom stereocenters. The van der Waals surface area contributed by atoms with Gasteiger partial charge >= 0.3 is 6.03 Å². The number of benzene rings is 2. The van der Waals surface area contributed by atoms with Crippen molar-refractivity contribution in [1.29, 1.82) is 5.41 Å². The third-order valence-corrected chi connectivity index (χ3v) is 6.82. The van der Waals surface area contributed by atoms with Gasteiger partial charge in [-0.3, -0.25) is 15.1 Å². The number of carbonyl (C=O) groups is 1. The van der Waals surface area contributed by atoms with Crippen molar-refractivity contribution in [3.05, 3.63) is 71.3 Å². The molecule has 34 heavy (non-hydrogen) atoms. The molecule has 2 aromatic rings. The maximum atomic E-state index is 14.7. The second-order valence-corrected chi connectivity index (χ2v) is 8.80. The Labute approximate surface area is 201 Å². The topological polar surface area (TPSA) is 81.5 Å². The van der Waals surface area contributed by atoms with E-state index in [9.17, 15) is 13.6 Å². The Kier molecular flexibility index (Phi) is 8.24. The van der Waals surface area contributed by atoms with Crippen LogP contribution in [0.25, 0.3) is 0 Å². The second kappa shape index (κ2) is 10.9. The molecule has 1 aliphatic rings. The number of hydrogen-bond donors (Lipinski definition) is 1. The van der Waals surface area contributed by atoms with Crippen LogP contribution in [0.2, 0.25) is 0 Å². The van der Waals surface area contributed by atoms with Gasteiger partial charge in [-0.05, 0) is 43.5 Å². The van der Waals surface area contributed by atoms with Crippen LogP contribution in [0.4, 0.5) is 13.6 Å². The van der Waals surface area contributed by atoms with Crippen molar-refractivity contribution >= 4 is 28.7 Å². The Morgan fingerprint density at radius 3 is 2.50 bits per heavy atom. The summed E-state index contributed by atoms with van der Waals surface area (Å²) in [6, 6.07) is 11.8. The summed E-state index contributed by atoms with van der Waals surface area (Å²) in [6.07, 6.45) is 0.878. The maximum absolute atomic E-state index is 14.7. The minimum Gasteiger partial charge on any atom is -0.287 e. The predicted molar refractivity (Wildman–Crippen MR) is 127 cm³/mol. The van der Waals surface area contributed by atoms with Crippen molar-refractivity contribution in [1.82, 2.24) is 15.1 Å². The van der Waals surface area contributed by atoms with Gasteiger partial charge in [-0.1, -0.05) is 42.1 Å². The molecule has 0 aromatic heterocycles. The third-order valence-electron chi connectivity index (χ3n) is 5.38. The largest absolute Gasteiger partial charge is 0.365 e. The van der Waals surface area contributed by atoms with Gasteiger partial charge in [-0.25, -0.2) is 23.7 Å². The molecule has 0 spiro atoms. The van der Waals surface area contributed by atoms with Crippen molar-refractivity contribution < 1.29 is 23.3 Å². The molecule has 0 saturated carbocycles. The van der Waals surface area contributed by atoms with Crippen LogP contribution >= 0.6 is 11.8 Å². The molecular formula is C23H27F2N5O3S. The lowest BCUT2D eigenvalue weighted by molar-refractivity contribution is -0.0820. The molecule has 3 rings (SSSR count). The molecule has 11 heteroatoms. The van der Waals surface area contributed by atoms with Gasteiger partial charge in [-0.15, -0.1) is 0 Å². The number of nitrogens with zero attached hydrogens (tertiary/aromatic N) is 4. The van der Waals surface area contributed by atoms with E-state index in [2.05, 4.69) is 5.10 Å². The van der Waals surface area contributed by atoms with E-state index in [1.807, 2.05) is 30.3 Å². The van der Waals surface area contributed by atoms with Crippen LogP contribution in [0.5, 0.6) is 0 Å². The number of hydroxylamine groups is 4. The lowest BCUT2D eigenvalue weighted by atomic mass is 10.0. The van der Waals surface area contributed by atoms with Gasteiger partial charge in [0.15, 0.2) is 0 Å². The van der Waals surface area contributed by atoms with Gasteiger partial charge in [-0.2, -0.15) is 10.1 Å². The summed E-state index contributed by atoms with van der Waals surface area (Å²) in [5.74, 6) is -1.02. The molecule has 0 fully saturated rings. The van der Waals surface area contributed by atoms with Crippen LogP contribution in [0, 0.1) is 17.0 Å². The van der Waals surface area contributed by atoms with Crippen molar-refractivity contribution in [3.63, 3.8) is 0 Å². The van der Waals surface area contributed by atoms with E-state index in [0.29, 0.717) is 19.4 Å². The molecular weight excluding hydrogens is 464 g/mol. The second-order valence-electron chi connectivity index (χ2n) is 7.53. The van der Waals surface area contributed by atoms with Gasteiger partial charge in [0.05, 0.1) is 14.2 Å². The number of halogens is 2. The standard InChI is InChI=1S/C23H27F2N5O3S/c1-16(26)29(33-4)14-8-13-23(17-9-6-5-7-10-17)30(22(31)28(2)32-3)27-21(34-23)19-15-18(24)11-12-20(19)25/h5-7,9-12,15,26H,8,13-14H2,1-4H3. The van der Waals surface area contributed by atoms with Crippen LogP contribution in [-0.2, 0) is 14.5 Å². The average molecular weight is 492 g/mol. The number of carbonyl (C=O) groups excluding carboxylic acids is 1. The average Bonchev–Trinajstić information content (AvgIpc) is 3.23. The first-order chi connectivity index (χ1) is 16.2. The van der Waals surface area contributed by atoms with Gasteiger partial charge in [0, 0.05) is 19.2 Å². The minimum absolute atomic E-state index is 0.0328. The molecule has 0 saturated heterocycles. The summed E-state index contributed by atoms with van der Waals surface area (Å²) in [5.41, 5.74) is 0.721. The van der Waals surface area contributed by atoms with Crippen LogP contribution in [0.15, 0.2) is 53.6 Å². The summed E-state index contributed by atoms with van der Waals surface area (Å²) in [5, 5.41) is 16.2. The highest BCUT2D eigenvalue weighted by Gasteiger charge is 2.49. The first-order valence-corrected chi connectivity index (χ1v) is 11.3. The summed E-state index contributed by atoms with van der Waals surface area (Å²) in [6.45, 7) is 1.99. The van der Waals surface area contributed by atoms with Gasteiger partial charge in [0.1, 0.15) is 27.4 Å². The SMILES string of the molecule is CON(C)C(=O)N1N=C(c2cc(F)ccc2F)SC1(CCCN(OC)C(C)=N)c1ccccc1. The lowest BCUT2D eigenvalue weighted by Gasteiger charge is -2.37. The predicted octanol–water partition coefficient (Wildman–Crippen LogP) is 4.78. The fourth-order valence-corrected chi connectivity index (χ4v) is 5.03. The Morgan fingerprint density at radius 2 is 1.88 bits per heavy atom. The number of hydrogen-bond acceptors (Lipinski definition) is 6. The highest BCUT2D eigenvalue weighted by molar-refractivity contribution is 8.15. The van der Waals surface area contributed by atoms with E-state index in [0.717, 1.165) is 28.8 Å². The monoisotopic (exact) mass is 491 g/mol. The molecule has 1 aliphatic heterocycles. The Balaban J connectivity index is 2.08. The number of nitrogens with one attached hydrogen (secondary N) is 1. The Bertz CT molecular complexity index is 1070. The first kappa shape index (κ1) is 25.6. The van der Waals surface area contributed by atoms with Crippen molar-refractivity contribution in [2.45, 2.75) is 24.6 Å². The summed E-state index contributed by atoms with van der Waals surface area (Å²) in [7, 11) is 4.28. The van der Waals surface area contributed by atoms with Crippen molar-refractivity contribution in [3.8, 4) is 0 Å². The molecule has 2 amide bonds. The van der Waals surface area contributed by atoms with Crippen molar-refractivity contribution in [2.24, 2.45) is 5.10 Å². The van der Waals surface area contributed by atoms with Crippen LogP contribution in [0.1, 0.15) is 30.9 Å². The molecule has 0 radical (unpaired) electrons. The highest BCUT2D eigenvalue weighted by Crippen LogP contribution is 2.51. The van der Waals surface area contributed by atoms with Gasteiger partial charge in [0.2, 0.25) is 0 Å². The number of thioether (sulfide) groups is 1. The molecule has 1 N–H and O–H groups in total. The fraction of sp³-hybridized carbons (Fsp3) is 0.348. The Morgan fingerprint density at radius 1 is 1.18 bits per heavy atom. The molecule has 1 unspecified atom stereocenters. The van der Waals surface area contributed by atoms with Gasteiger partial charge < -0.3 is 0 Å². The van der Waals surface area contributed by atoms with Crippen LogP contribution in [0.3, 0.4) is 0 Å². The zero-order valence-corrected chi connectivity index (χ0v) is 20.2. The highest BCUT2D eigenvalue weighted by atomic mass is 32.2. The smallest absolute Gasteiger partial charge is 0.287 e.